The van der Waals surface area contributed by atoms with Gasteiger partial charge in [-0.1, -0.05) is 52.4 Å². The Morgan fingerprint density at radius 3 is 1.42 bits per heavy atom. The third kappa shape index (κ3) is 19.4. The third-order valence-corrected chi connectivity index (χ3v) is 12.5. The number of nitrogens with one attached hydrogen (secondary N) is 2. The van der Waals surface area contributed by atoms with Gasteiger partial charge in [-0.05, 0) is 12.8 Å². The molecule has 0 aliphatic heterocycles. The van der Waals surface area contributed by atoms with Gasteiger partial charge in [0.15, 0.2) is 0 Å². The summed E-state index contributed by atoms with van der Waals surface area (Å²) >= 11 is 0. The number of amides is 2. The minimum atomic E-state index is 0.103. The van der Waals surface area contributed by atoms with Crippen LogP contribution >= 0.6 is 61.3 Å². The van der Waals surface area contributed by atoms with E-state index in [2.05, 4.69) is 23.3 Å². The number of carbonyl (C=O) groups excluding carboxylic acids is 2. The minimum Gasteiger partial charge on any atom is -0.290 e. The van der Waals surface area contributed by atoms with Crippen molar-refractivity contribution >= 4 is 73.1 Å². The highest BCUT2D eigenvalue weighted by molar-refractivity contribution is 9.41. The van der Waals surface area contributed by atoms with Crippen LogP contribution in [0.4, 0.5) is 0 Å². The van der Waals surface area contributed by atoms with Gasteiger partial charge < -0.3 is 0 Å². The van der Waals surface area contributed by atoms with Crippen molar-refractivity contribution in [2.45, 2.75) is 78.1 Å². The zero-order valence-electron chi connectivity index (χ0n) is 14.3. The van der Waals surface area contributed by atoms with Gasteiger partial charge in [0.05, 0.1) is 0 Å². The normalized spacial score (nSPS) is 10.6. The summed E-state index contributed by atoms with van der Waals surface area (Å²) < 4.78 is 5.65. The van der Waals surface area contributed by atoms with Crippen molar-refractivity contribution in [1.82, 2.24) is 9.44 Å². The largest absolute Gasteiger partial charge is 0.290 e. The number of carbonyl (C=O) groups is 2. The summed E-state index contributed by atoms with van der Waals surface area (Å²) in [5.41, 5.74) is 0. The highest BCUT2D eigenvalue weighted by atomic mass is 33.9. The molecule has 0 aromatic rings. The summed E-state index contributed by atoms with van der Waals surface area (Å²) in [6.07, 6.45) is 10.2. The average molecular weight is 449 g/mol. The molecule has 24 heavy (non-hydrogen) atoms. The van der Waals surface area contributed by atoms with E-state index in [0.717, 1.165) is 25.7 Å². The maximum atomic E-state index is 11.5. The lowest BCUT2D eigenvalue weighted by atomic mass is 10.1. The molecule has 0 atom stereocenters. The van der Waals surface area contributed by atoms with Crippen LogP contribution in [0, 0.1) is 0 Å². The van der Waals surface area contributed by atoms with Crippen LogP contribution in [0.15, 0.2) is 0 Å². The van der Waals surface area contributed by atoms with Crippen LogP contribution in [0.3, 0.4) is 0 Å². The maximum absolute atomic E-state index is 11.5. The molecule has 0 aliphatic carbocycles. The fourth-order valence-electron chi connectivity index (χ4n) is 1.70. The fraction of sp³-hybridized carbons (Fsp3) is 0.857. The van der Waals surface area contributed by atoms with Gasteiger partial charge in [0.25, 0.3) is 0 Å². The number of hydrogen-bond donors (Lipinski definition) is 2. The molecule has 0 aliphatic rings. The maximum Gasteiger partial charge on any atom is 0.230 e. The summed E-state index contributed by atoms with van der Waals surface area (Å²) in [6.45, 7) is 4.33. The number of rotatable bonds is 17. The second-order valence-electron chi connectivity index (χ2n) is 5.11. The Morgan fingerprint density at radius 1 is 0.625 bits per heavy atom. The molecule has 0 bridgehead atoms. The fourth-order valence-corrected chi connectivity index (χ4v) is 11.2. The predicted octanol–water partition coefficient (Wildman–Crippen LogP) is 6.96. The van der Waals surface area contributed by atoms with Crippen LogP contribution in [-0.4, -0.2) is 11.8 Å². The van der Waals surface area contributed by atoms with Crippen LogP contribution in [0.1, 0.15) is 78.1 Å². The van der Waals surface area contributed by atoms with Gasteiger partial charge in [-0.25, -0.2) is 0 Å². The second kappa shape index (κ2) is 20.4. The van der Waals surface area contributed by atoms with E-state index in [1.807, 2.05) is 0 Å². The quantitative estimate of drug-likeness (QED) is 0.141. The van der Waals surface area contributed by atoms with Crippen molar-refractivity contribution in [1.29, 1.82) is 0 Å². The molecular formula is C14H28N2O2S6. The molecule has 2 N–H and O–H groups in total. The zero-order valence-corrected chi connectivity index (χ0v) is 19.2. The first-order chi connectivity index (χ1) is 11.7. The highest BCUT2D eigenvalue weighted by Gasteiger charge is 2.03. The summed E-state index contributed by atoms with van der Waals surface area (Å²) in [7, 11) is 8.90. The molecule has 142 valence electrons. The summed E-state index contributed by atoms with van der Waals surface area (Å²) in [6, 6.07) is 0. The molecule has 0 fully saturated rings. The Kier molecular flexibility index (Phi) is 21.2. The Bertz CT molecular complexity index is 294. The Morgan fingerprint density at radius 2 is 1.04 bits per heavy atom. The van der Waals surface area contributed by atoms with Crippen LogP contribution in [0.25, 0.3) is 0 Å². The van der Waals surface area contributed by atoms with E-state index < -0.39 is 0 Å². The highest BCUT2D eigenvalue weighted by Crippen LogP contribution is 2.50. The summed E-state index contributed by atoms with van der Waals surface area (Å²) in [5.74, 6) is 0.207. The van der Waals surface area contributed by atoms with Gasteiger partial charge in [0.2, 0.25) is 11.8 Å². The van der Waals surface area contributed by atoms with Gasteiger partial charge in [-0.3, -0.25) is 19.0 Å². The lowest BCUT2D eigenvalue weighted by molar-refractivity contribution is -0.120. The Balaban J connectivity index is 3.24. The molecule has 10 heteroatoms. The molecule has 4 nitrogen and oxygen atoms in total. The molecule has 0 unspecified atom stereocenters. The molecule has 0 rings (SSSR count). The number of hydrogen-bond acceptors (Lipinski definition) is 8. The van der Waals surface area contributed by atoms with Crippen LogP contribution < -0.4 is 9.44 Å². The van der Waals surface area contributed by atoms with Crippen LogP contribution in [0.2, 0.25) is 0 Å². The van der Waals surface area contributed by atoms with Crippen molar-refractivity contribution in [3.63, 3.8) is 0 Å². The van der Waals surface area contributed by atoms with Crippen molar-refractivity contribution < 1.29 is 9.59 Å². The van der Waals surface area contributed by atoms with Gasteiger partial charge in [0.1, 0.15) is 0 Å². The van der Waals surface area contributed by atoms with E-state index in [1.165, 1.54) is 67.3 Å². The lowest BCUT2D eigenvalue weighted by Crippen LogP contribution is -2.13. The molecule has 0 heterocycles. The van der Waals surface area contributed by atoms with Crippen molar-refractivity contribution in [2.24, 2.45) is 0 Å². The summed E-state index contributed by atoms with van der Waals surface area (Å²) in [5, 5.41) is 0. The first kappa shape index (κ1) is 25.0. The molecule has 0 saturated heterocycles. The monoisotopic (exact) mass is 448 g/mol. The van der Waals surface area contributed by atoms with Crippen molar-refractivity contribution in [2.75, 3.05) is 0 Å². The SMILES string of the molecule is CCCCCCC(=O)NSSSSSSNC(=O)CCCCCC. The van der Waals surface area contributed by atoms with Crippen molar-refractivity contribution in [3.8, 4) is 0 Å². The smallest absolute Gasteiger partial charge is 0.230 e. The zero-order chi connectivity index (χ0) is 17.9. The van der Waals surface area contributed by atoms with E-state index in [-0.39, 0.29) is 11.8 Å². The second-order valence-corrected chi connectivity index (χ2v) is 13.9. The number of unbranched alkanes of at least 4 members (excludes halogenated alkanes) is 6. The first-order valence-electron chi connectivity index (χ1n) is 8.27. The molecule has 0 saturated carbocycles. The lowest BCUT2D eigenvalue weighted by Gasteiger charge is -2.03. The third-order valence-electron chi connectivity index (χ3n) is 2.98. The predicted molar refractivity (Wildman–Crippen MR) is 119 cm³/mol. The minimum absolute atomic E-state index is 0.103. The molecule has 2 amide bonds. The first-order valence-corrected chi connectivity index (χ1v) is 15.8. The Hall–Kier alpha value is 1.04. The summed E-state index contributed by atoms with van der Waals surface area (Å²) in [4.78, 5) is 23.1. The van der Waals surface area contributed by atoms with E-state index in [4.69, 9.17) is 0 Å². The molecule has 0 spiro atoms. The van der Waals surface area contributed by atoms with E-state index in [9.17, 15) is 9.59 Å². The van der Waals surface area contributed by atoms with Gasteiger partial charge in [-0.15, -0.1) is 0 Å². The van der Waals surface area contributed by atoms with Gasteiger partial charge >= 0.3 is 0 Å². The topological polar surface area (TPSA) is 58.2 Å². The van der Waals surface area contributed by atoms with E-state index in [0.29, 0.717) is 12.8 Å². The molecule has 0 aromatic heterocycles. The van der Waals surface area contributed by atoms with Crippen molar-refractivity contribution in [3.05, 3.63) is 0 Å². The van der Waals surface area contributed by atoms with Crippen LogP contribution in [0.5, 0.6) is 0 Å². The standard InChI is InChI=1S/C14H28N2O2S6/c1-3-5-7-9-11-13(17)15-19-21-23-24-22-20-16-14(18)12-10-8-6-4-2/h3-12H2,1-2H3,(H,15,17)(H,16,18). The Labute approximate surface area is 169 Å². The van der Waals surface area contributed by atoms with Crippen LogP contribution in [-0.2, 0) is 9.59 Å². The van der Waals surface area contributed by atoms with Gasteiger partial charge in [0, 0.05) is 74.1 Å². The van der Waals surface area contributed by atoms with E-state index in [1.54, 1.807) is 19.7 Å². The van der Waals surface area contributed by atoms with E-state index >= 15 is 0 Å². The average Bonchev–Trinajstić information content (AvgIpc) is 2.58. The van der Waals surface area contributed by atoms with Gasteiger partial charge in [-0.2, -0.15) is 0 Å². The molecule has 0 radical (unpaired) electrons. The molecular weight excluding hydrogens is 421 g/mol. The molecule has 0 aromatic carbocycles.